The minimum absolute atomic E-state index is 0.145. The number of amides is 1. The van der Waals surface area contributed by atoms with Crippen molar-refractivity contribution in [2.24, 2.45) is 0 Å². The Balaban J connectivity index is 1.93. The molecule has 7 heteroatoms. The monoisotopic (exact) mass is 286 g/mol. The van der Waals surface area contributed by atoms with E-state index >= 15 is 0 Å². The molecule has 0 fully saturated rings. The lowest BCUT2D eigenvalue weighted by molar-refractivity contribution is -0.138. The molecular weight excluding hydrogens is 272 g/mol. The van der Waals surface area contributed by atoms with Gasteiger partial charge in [-0.1, -0.05) is 18.2 Å². The van der Waals surface area contributed by atoms with Crippen molar-refractivity contribution in [1.82, 2.24) is 14.8 Å². The summed E-state index contributed by atoms with van der Waals surface area (Å²) in [5.74, 6) is -1.81. The van der Waals surface area contributed by atoms with Gasteiger partial charge in [-0.15, -0.1) is 0 Å². The molecule has 0 saturated carbocycles. The van der Waals surface area contributed by atoms with Gasteiger partial charge in [0.1, 0.15) is 24.6 Å². The number of para-hydroxylation sites is 1. The lowest BCUT2D eigenvalue weighted by Crippen LogP contribution is -2.36. The van der Waals surface area contributed by atoms with Gasteiger partial charge in [0.2, 0.25) is 0 Å². The second-order valence-electron chi connectivity index (χ2n) is 4.95. The topological polar surface area (TPSA) is 88.3 Å². The molecule has 7 nitrogen and oxygen atoms in total. The second-order valence-corrected chi connectivity index (χ2v) is 4.95. The predicted molar refractivity (Wildman–Crippen MR) is 73.9 cm³/mol. The van der Waals surface area contributed by atoms with E-state index in [2.05, 4.69) is 10.1 Å². The Morgan fingerprint density at radius 1 is 1.38 bits per heavy atom. The fraction of sp³-hybridized carbons (Fsp3) is 0.286. The Bertz CT molecular complexity index is 683. The number of benzene rings is 1. The summed E-state index contributed by atoms with van der Waals surface area (Å²) in [7, 11) is 0. The quantitative estimate of drug-likeness (QED) is 0.911. The zero-order valence-electron chi connectivity index (χ0n) is 11.4. The summed E-state index contributed by atoms with van der Waals surface area (Å²) in [6.07, 6.45) is 2.83. The first-order valence-corrected chi connectivity index (χ1v) is 6.57. The first kappa shape index (κ1) is 13.3. The summed E-state index contributed by atoms with van der Waals surface area (Å²) in [6, 6.07) is 6.56. The van der Waals surface area contributed by atoms with Gasteiger partial charge in [0.25, 0.3) is 5.91 Å². The molecule has 2 unspecified atom stereocenters. The zero-order chi connectivity index (χ0) is 15.0. The maximum atomic E-state index is 12.6. The molecule has 0 saturated heterocycles. The number of carbonyl (C=O) groups excluding carboxylic acids is 1. The van der Waals surface area contributed by atoms with E-state index in [1.165, 1.54) is 22.2 Å². The third-order valence-corrected chi connectivity index (χ3v) is 3.72. The smallest absolute Gasteiger partial charge is 0.312 e. The van der Waals surface area contributed by atoms with E-state index < -0.39 is 17.9 Å². The van der Waals surface area contributed by atoms with Gasteiger partial charge in [-0.3, -0.25) is 9.59 Å². The van der Waals surface area contributed by atoms with Crippen LogP contribution in [-0.4, -0.2) is 38.3 Å². The molecule has 0 bridgehead atoms. The van der Waals surface area contributed by atoms with Crippen molar-refractivity contribution in [3.05, 3.63) is 42.5 Å². The lowest BCUT2D eigenvalue weighted by Gasteiger charge is -2.21. The fourth-order valence-electron chi connectivity index (χ4n) is 2.58. The number of carboxylic acid groups (broad SMARTS) is 1. The average molecular weight is 286 g/mol. The number of hydrogen-bond donors (Lipinski definition) is 1. The fourth-order valence-corrected chi connectivity index (χ4v) is 2.58. The third kappa shape index (κ3) is 2.16. The molecule has 108 valence electrons. The number of aliphatic carboxylic acids is 1. The van der Waals surface area contributed by atoms with E-state index in [9.17, 15) is 14.7 Å². The maximum Gasteiger partial charge on any atom is 0.312 e. The van der Waals surface area contributed by atoms with Crippen molar-refractivity contribution in [3.63, 3.8) is 0 Å². The number of hydrogen-bond acceptors (Lipinski definition) is 4. The van der Waals surface area contributed by atoms with Gasteiger partial charge in [-0.05, 0) is 18.6 Å². The molecule has 1 N–H and O–H groups in total. The number of carbonyl (C=O) groups is 2. The van der Waals surface area contributed by atoms with E-state index in [1.807, 2.05) is 0 Å². The molecule has 1 aliphatic rings. The van der Waals surface area contributed by atoms with Crippen LogP contribution >= 0.6 is 0 Å². The minimum atomic E-state index is -0.925. The first-order chi connectivity index (χ1) is 10.1. The van der Waals surface area contributed by atoms with Crippen LogP contribution in [0, 0.1) is 0 Å². The molecule has 2 heterocycles. The third-order valence-electron chi connectivity index (χ3n) is 3.72. The van der Waals surface area contributed by atoms with E-state index in [-0.39, 0.29) is 12.5 Å². The van der Waals surface area contributed by atoms with Crippen molar-refractivity contribution >= 4 is 17.6 Å². The molecular formula is C14H14N4O3. The molecule has 2 atom stereocenters. The molecule has 0 radical (unpaired) electrons. The number of nitrogens with zero attached hydrogens (tertiary/aromatic N) is 4. The van der Waals surface area contributed by atoms with Crippen LogP contribution in [0.5, 0.6) is 0 Å². The summed E-state index contributed by atoms with van der Waals surface area (Å²) >= 11 is 0. The van der Waals surface area contributed by atoms with Gasteiger partial charge in [0, 0.05) is 12.2 Å². The minimum Gasteiger partial charge on any atom is -0.481 e. The standard InChI is InChI=1S/C14H14N4O3/c1-9(18-8-15-7-16-18)13(19)17-6-11(14(20)21)10-4-2-3-5-12(10)17/h2-5,7-9,11H,6H2,1H3,(H,20,21). The van der Waals surface area contributed by atoms with E-state index in [0.717, 1.165) is 0 Å². The second kappa shape index (κ2) is 5.01. The van der Waals surface area contributed by atoms with Crippen molar-refractivity contribution in [2.75, 3.05) is 11.4 Å². The highest BCUT2D eigenvalue weighted by molar-refractivity contribution is 6.00. The number of carboxylic acids is 1. The molecule has 21 heavy (non-hydrogen) atoms. The number of fused-ring (bicyclic) bond motifs is 1. The molecule has 3 rings (SSSR count). The zero-order valence-corrected chi connectivity index (χ0v) is 11.4. The lowest BCUT2D eigenvalue weighted by atomic mass is 10.0. The van der Waals surface area contributed by atoms with Crippen LogP contribution in [0.25, 0.3) is 0 Å². The van der Waals surface area contributed by atoms with Crippen molar-refractivity contribution in [2.45, 2.75) is 18.9 Å². The summed E-state index contributed by atoms with van der Waals surface area (Å²) in [6.45, 7) is 1.86. The van der Waals surface area contributed by atoms with Crippen LogP contribution in [0.3, 0.4) is 0 Å². The number of anilines is 1. The van der Waals surface area contributed by atoms with Gasteiger partial charge >= 0.3 is 5.97 Å². The SMILES string of the molecule is CC(C(=O)N1CC(C(=O)O)c2ccccc21)n1cncn1. The Kier molecular flexibility index (Phi) is 3.17. The summed E-state index contributed by atoms with van der Waals surface area (Å²) in [5.41, 5.74) is 1.33. The Morgan fingerprint density at radius 2 is 2.14 bits per heavy atom. The Labute approximate surface area is 120 Å². The van der Waals surface area contributed by atoms with E-state index in [0.29, 0.717) is 11.3 Å². The van der Waals surface area contributed by atoms with Gasteiger partial charge in [0.15, 0.2) is 0 Å². The molecule has 1 aliphatic heterocycles. The van der Waals surface area contributed by atoms with Crippen molar-refractivity contribution in [3.8, 4) is 0 Å². The number of aromatic nitrogens is 3. The summed E-state index contributed by atoms with van der Waals surface area (Å²) in [5, 5.41) is 13.3. The van der Waals surface area contributed by atoms with Gasteiger partial charge in [-0.25, -0.2) is 9.67 Å². The van der Waals surface area contributed by atoms with Crippen molar-refractivity contribution in [1.29, 1.82) is 0 Å². The van der Waals surface area contributed by atoms with Crippen molar-refractivity contribution < 1.29 is 14.7 Å². The van der Waals surface area contributed by atoms with Crippen LogP contribution in [0.15, 0.2) is 36.9 Å². The highest BCUT2D eigenvalue weighted by atomic mass is 16.4. The van der Waals surface area contributed by atoms with Gasteiger partial charge < -0.3 is 10.0 Å². The van der Waals surface area contributed by atoms with Crippen LogP contribution in [0.1, 0.15) is 24.4 Å². The molecule has 0 aliphatic carbocycles. The normalized spacial score (nSPS) is 18.3. The summed E-state index contributed by atoms with van der Waals surface area (Å²) < 4.78 is 1.46. The molecule has 1 amide bonds. The Morgan fingerprint density at radius 3 is 2.81 bits per heavy atom. The number of rotatable bonds is 3. The van der Waals surface area contributed by atoms with Crippen LogP contribution < -0.4 is 4.90 Å². The van der Waals surface area contributed by atoms with E-state index in [4.69, 9.17) is 0 Å². The van der Waals surface area contributed by atoms with Gasteiger partial charge in [-0.2, -0.15) is 5.10 Å². The first-order valence-electron chi connectivity index (χ1n) is 6.57. The Hall–Kier alpha value is -2.70. The molecule has 2 aromatic rings. The van der Waals surface area contributed by atoms with Crippen LogP contribution in [0.2, 0.25) is 0 Å². The molecule has 1 aromatic heterocycles. The van der Waals surface area contributed by atoms with E-state index in [1.54, 1.807) is 31.2 Å². The molecule has 1 aromatic carbocycles. The van der Waals surface area contributed by atoms with Gasteiger partial charge in [0.05, 0.1) is 0 Å². The highest BCUT2D eigenvalue weighted by Crippen LogP contribution is 2.37. The molecule has 0 spiro atoms. The predicted octanol–water partition coefficient (Wildman–Crippen LogP) is 1.05. The maximum absolute atomic E-state index is 12.6. The highest BCUT2D eigenvalue weighted by Gasteiger charge is 2.38. The van der Waals surface area contributed by atoms with Crippen LogP contribution in [0.4, 0.5) is 5.69 Å². The summed E-state index contributed by atoms with van der Waals surface area (Å²) in [4.78, 5) is 29.3. The largest absolute Gasteiger partial charge is 0.481 e. The average Bonchev–Trinajstić information content (AvgIpc) is 3.13. The van der Waals surface area contributed by atoms with Crippen LogP contribution in [-0.2, 0) is 9.59 Å².